The number of unbranched alkanes of at least 4 members (excludes halogenated alkanes) is 8. The fraction of sp³-hybridized carbons (Fsp3) is 0.471. The first-order chi connectivity index (χ1) is 20.7. The maximum atomic E-state index is 12.3. The molecule has 0 heterocycles. The Balaban J connectivity index is 1.11. The van der Waals surface area contributed by atoms with Crippen LogP contribution in [0.2, 0.25) is 0 Å². The average molecular weight is 612 g/mol. The Labute approximate surface area is 255 Å². The third-order valence-corrected chi connectivity index (χ3v) is 8.52. The van der Waals surface area contributed by atoms with Gasteiger partial charge >= 0.3 is 5.97 Å². The van der Waals surface area contributed by atoms with Crippen molar-refractivity contribution in [1.29, 1.82) is 0 Å². The molecule has 0 spiro atoms. The minimum Gasteiger partial charge on any atom is -0.463 e. The molecule has 0 saturated heterocycles. The SMILES string of the molecule is Cc1ccc(S(=O)(=O)OC[C@@H](O)COC(=O)CCCCCCCCCCCNC(=O)Cc2ccc3ccccc3c2)cc1. The highest BCUT2D eigenvalue weighted by atomic mass is 32.2. The van der Waals surface area contributed by atoms with Crippen molar-refractivity contribution in [2.75, 3.05) is 19.8 Å². The minimum absolute atomic E-state index is 0.0107. The van der Waals surface area contributed by atoms with E-state index in [1.165, 1.54) is 17.5 Å². The summed E-state index contributed by atoms with van der Waals surface area (Å²) in [7, 11) is -3.98. The van der Waals surface area contributed by atoms with Crippen LogP contribution in [-0.4, -0.2) is 51.3 Å². The molecule has 0 aromatic heterocycles. The van der Waals surface area contributed by atoms with E-state index in [9.17, 15) is 23.1 Å². The molecule has 43 heavy (non-hydrogen) atoms. The van der Waals surface area contributed by atoms with Crippen molar-refractivity contribution in [3.8, 4) is 0 Å². The van der Waals surface area contributed by atoms with E-state index in [-0.39, 0.29) is 23.8 Å². The lowest BCUT2D eigenvalue weighted by atomic mass is 10.0. The molecule has 0 aliphatic carbocycles. The van der Waals surface area contributed by atoms with Crippen molar-refractivity contribution in [3.63, 3.8) is 0 Å². The Morgan fingerprint density at radius 1 is 0.791 bits per heavy atom. The van der Waals surface area contributed by atoms with Gasteiger partial charge in [0.05, 0.1) is 17.9 Å². The Bertz CT molecular complexity index is 1390. The number of aliphatic hydroxyl groups excluding tert-OH is 1. The molecular formula is C34H45NO7S. The third kappa shape index (κ3) is 13.3. The van der Waals surface area contributed by atoms with Gasteiger partial charge in [0.25, 0.3) is 10.1 Å². The van der Waals surface area contributed by atoms with E-state index in [0.717, 1.165) is 67.9 Å². The highest BCUT2D eigenvalue weighted by Gasteiger charge is 2.18. The minimum atomic E-state index is -3.98. The summed E-state index contributed by atoms with van der Waals surface area (Å²) in [4.78, 5) is 24.2. The van der Waals surface area contributed by atoms with Gasteiger partial charge in [-0.25, -0.2) is 0 Å². The average Bonchev–Trinajstić information content (AvgIpc) is 2.99. The van der Waals surface area contributed by atoms with Crippen molar-refractivity contribution in [2.24, 2.45) is 0 Å². The zero-order valence-corrected chi connectivity index (χ0v) is 25.9. The molecule has 8 nitrogen and oxygen atoms in total. The van der Waals surface area contributed by atoms with Crippen LogP contribution in [0.3, 0.4) is 0 Å². The molecule has 0 aliphatic heterocycles. The summed E-state index contributed by atoms with van der Waals surface area (Å²) in [5.41, 5.74) is 1.95. The molecule has 0 unspecified atom stereocenters. The maximum absolute atomic E-state index is 12.3. The van der Waals surface area contributed by atoms with Crippen LogP contribution in [0.5, 0.6) is 0 Å². The van der Waals surface area contributed by atoms with Crippen LogP contribution in [-0.2, 0) is 35.0 Å². The molecule has 9 heteroatoms. The van der Waals surface area contributed by atoms with Gasteiger partial charge in [-0.1, -0.05) is 105 Å². The molecule has 0 bridgehead atoms. The number of carbonyl (C=O) groups excluding carboxylic acids is 2. The van der Waals surface area contributed by atoms with Gasteiger partial charge in [-0.05, 0) is 48.2 Å². The second-order valence-electron chi connectivity index (χ2n) is 11.0. The number of esters is 1. The Morgan fingerprint density at radius 2 is 1.42 bits per heavy atom. The number of fused-ring (bicyclic) bond motifs is 1. The summed E-state index contributed by atoms with van der Waals surface area (Å²) in [5.74, 6) is -0.349. The summed E-state index contributed by atoms with van der Waals surface area (Å²) in [6.45, 7) is 1.76. The fourth-order valence-electron chi connectivity index (χ4n) is 4.71. The molecule has 234 valence electrons. The van der Waals surface area contributed by atoms with Gasteiger partial charge < -0.3 is 15.2 Å². The van der Waals surface area contributed by atoms with Crippen LogP contribution < -0.4 is 5.32 Å². The number of rotatable bonds is 20. The number of hydrogen-bond donors (Lipinski definition) is 2. The zero-order valence-electron chi connectivity index (χ0n) is 25.1. The van der Waals surface area contributed by atoms with Gasteiger partial charge in [0, 0.05) is 13.0 Å². The van der Waals surface area contributed by atoms with Crippen molar-refractivity contribution in [2.45, 2.75) is 88.6 Å². The number of hydrogen-bond acceptors (Lipinski definition) is 7. The highest BCUT2D eigenvalue weighted by molar-refractivity contribution is 7.86. The van der Waals surface area contributed by atoms with Crippen molar-refractivity contribution in [1.82, 2.24) is 5.32 Å². The van der Waals surface area contributed by atoms with E-state index in [1.807, 2.05) is 25.1 Å². The summed E-state index contributed by atoms with van der Waals surface area (Å²) in [6.07, 6.45) is 8.78. The van der Waals surface area contributed by atoms with Gasteiger partial charge in [0.15, 0.2) is 0 Å². The van der Waals surface area contributed by atoms with E-state index in [2.05, 4.69) is 29.6 Å². The molecular weight excluding hydrogens is 566 g/mol. The predicted molar refractivity (Wildman–Crippen MR) is 168 cm³/mol. The quantitative estimate of drug-likeness (QED) is 0.0911. The van der Waals surface area contributed by atoms with Crippen LogP contribution in [0.15, 0.2) is 71.6 Å². The summed E-state index contributed by atoms with van der Waals surface area (Å²) < 4.78 is 34.3. The topological polar surface area (TPSA) is 119 Å². The van der Waals surface area contributed by atoms with Crippen molar-refractivity contribution >= 4 is 32.8 Å². The molecule has 1 atom stereocenters. The first-order valence-corrected chi connectivity index (χ1v) is 16.7. The Hall–Kier alpha value is -3.27. The molecule has 0 saturated carbocycles. The number of aryl methyl sites for hydroxylation is 1. The molecule has 1 amide bonds. The van der Waals surface area contributed by atoms with Crippen molar-refractivity contribution < 1.29 is 32.0 Å². The number of carbonyl (C=O) groups is 2. The number of aliphatic hydroxyl groups is 1. The lowest BCUT2D eigenvalue weighted by molar-refractivity contribution is -0.147. The summed E-state index contributed by atoms with van der Waals surface area (Å²) >= 11 is 0. The first-order valence-electron chi connectivity index (χ1n) is 15.3. The Morgan fingerprint density at radius 3 is 2.12 bits per heavy atom. The second kappa shape index (κ2) is 18.4. The smallest absolute Gasteiger partial charge is 0.305 e. The normalized spacial score (nSPS) is 12.2. The van der Waals surface area contributed by atoms with Gasteiger partial charge in [-0.2, -0.15) is 8.42 Å². The number of benzene rings is 3. The lowest BCUT2D eigenvalue weighted by Gasteiger charge is -2.12. The van der Waals surface area contributed by atoms with Gasteiger partial charge in [0.2, 0.25) is 5.91 Å². The van der Waals surface area contributed by atoms with Crippen LogP contribution in [0.1, 0.15) is 75.3 Å². The standard InChI is InChI=1S/C34H45NO7S/c1-27-16-20-32(21-17-27)43(39,40)42-26-31(36)25-41-34(38)15-9-7-5-3-2-4-6-8-12-22-35-33(37)24-28-18-19-29-13-10-11-14-30(29)23-28/h10-11,13-14,16-21,23,31,36H,2-9,12,15,22,24-26H2,1H3,(H,35,37)/t31-/m0/s1. The van der Waals surface area contributed by atoms with Crippen LogP contribution in [0, 0.1) is 6.92 Å². The number of nitrogens with one attached hydrogen (secondary N) is 1. The second-order valence-corrected chi connectivity index (χ2v) is 12.6. The monoisotopic (exact) mass is 611 g/mol. The summed E-state index contributed by atoms with van der Waals surface area (Å²) in [5, 5.41) is 15.3. The van der Waals surface area contributed by atoms with Crippen LogP contribution in [0.25, 0.3) is 10.8 Å². The van der Waals surface area contributed by atoms with Gasteiger partial charge in [-0.3, -0.25) is 13.8 Å². The van der Waals surface area contributed by atoms with Crippen LogP contribution in [0.4, 0.5) is 0 Å². The lowest BCUT2D eigenvalue weighted by Crippen LogP contribution is -2.26. The van der Waals surface area contributed by atoms with Gasteiger partial charge in [0.1, 0.15) is 12.7 Å². The Kier molecular flexibility index (Phi) is 14.6. The number of ether oxygens (including phenoxy) is 1. The maximum Gasteiger partial charge on any atom is 0.305 e. The first kappa shape index (κ1) is 34.2. The van der Waals surface area contributed by atoms with E-state index in [4.69, 9.17) is 8.92 Å². The van der Waals surface area contributed by atoms with Gasteiger partial charge in [-0.15, -0.1) is 0 Å². The van der Waals surface area contributed by atoms with E-state index in [0.29, 0.717) is 19.4 Å². The molecule has 3 rings (SSSR count). The predicted octanol–water partition coefficient (Wildman–Crippen LogP) is 6.02. The molecule has 0 fully saturated rings. The van der Waals surface area contributed by atoms with Crippen molar-refractivity contribution in [3.05, 3.63) is 77.9 Å². The highest BCUT2D eigenvalue weighted by Crippen LogP contribution is 2.17. The molecule has 3 aromatic carbocycles. The zero-order chi connectivity index (χ0) is 30.9. The fourth-order valence-corrected chi connectivity index (χ4v) is 5.65. The molecule has 0 aliphatic rings. The number of amides is 1. The summed E-state index contributed by atoms with van der Waals surface area (Å²) in [6, 6.07) is 20.5. The molecule has 3 aromatic rings. The van der Waals surface area contributed by atoms with Crippen LogP contribution >= 0.6 is 0 Å². The largest absolute Gasteiger partial charge is 0.463 e. The molecule has 0 radical (unpaired) electrons. The third-order valence-electron chi connectivity index (χ3n) is 7.22. The van der Waals surface area contributed by atoms with E-state index >= 15 is 0 Å². The molecule has 2 N–H and O–H groups in total. The van der Waals surface area contributed by atoms with E-state index in [1.54, 1.807) is 12.1 Å². The van der Waals surface area contributed by atoms with E-state index < -0.39 is 28.8 Å².